The Labute approximate surface area is 186 Å². The van der Waals surface area contributed by atoms with Crippen LogP contribution in [0, 0.1) is 6.92 Å². The molecular weight excluding hydrogens is 438 g/mol. The van der Waals surface area contributed by atoms with Gasteiger partial charge in [-0.05, 0) is 73.6 Å². The lowest BCUT2D eigenvalue weighted by atomic mass is 9.82. The maximum Gasteiger partial charge on any atom is 0.343 e. The molecule has 1 aliphatic heterocycles. The highest BCUT2D eigenvalue weighted by atomic mass is 35.5. The molecule has 0 atom stereocenters. The number of sulfonamides is 1. The molecule has 1 spiro atoms. The highest BCUT2D eigenvalue weighted by Crippen LogP contribution is 2.46. The molecule has 0 saturated heterocycles. The van der Waals surface area contributed by atoms with E-state index in [9.17, 15) is 18.3 Å². The zero-order chi connectivity index (χ0) is 22.4. The molecule has 31 heavy (non-hydrogen) atoms. The Morgan fingerprint density at radius 2 is 1.71 bits per heavy atom. The van der Waals surface area contributed by atoms with E-state index in [0.717, 1.165) is 42.2 Å². The average molecular weight is 462 g/mol. The summed E-state index contributed by atoms with van der Waals surface area (Å²) in [4.78, 5) is 12.7. The number of hydrogen-bond donors (Lipinski definition) is 2. The molecule has 6 nitrogen and oxygen atoms in total. The number of hydrogen-bond acceptors (Lipinski definition) is 5. The molecule has 1 aliphatic carbocycles. The minimum Gasteiger partial charge on any atom is -0.507 e. The summed E-state index contributed by atoms with van der Waals surface area (Å²) < 4.78 is 30.9. The van der Waals surface area contributed by atoms with Gasteiger partial charge in [0.15, 0.2) is 11.4 Å². The van der Waals surface area contributed by atoms with Crippen LogP contribution in [0.3, 0.4) is 0 Å². The van der Waals surface area contributed by atoms with Crippen molar-refractivity contribution in [1.29, 1.82) is 0 Å². The third-order valence-corrected chi connectivity index (χ3v) is 6.82. The lowest BCUT2D eigenvalue weighted by Crippen LogP contribution is -2.34. The number of benzene rings is 2. The van der Waals surface area contributed by atoms with Crippen molar-refractivity contribution in [2.75, 3.05) is 11.0 Å². The fraction of sp³-hybridized carbons (Fsp3) is 0.348. The highest BCUT2D eigenvalue weighted by molar-refractivity contribution is 7.92. The van der Waals surface area contributed by atoms with Gasteiger partial charge in [-0.2, -0.15) is 0 Å². The monoisotopic (exact) mass is 461 g/mol. The minimum absolute atomic E-state index is 0.0142. The van der Waals surface area contributed by atoms with Crippen LogP contribution in [0.1, 0.15) is 43.2 Å². The van der Waals surface area contributed by atoms with Gasteiger partial charge >= 0.3 is 5.97 Å². The van der Waals surface area contributed by atoms with Gasteiger partial charge in [-0.25, -0.2) is 13.2 Å². The van der Waals surface area contributed by atoms with Gasteiger partial charge in [0, 0.05) is 16.3 Å². The first kappa shape index (κ1) is 21.7. The molecule has 0 amide bonds. The number of halogens is 1. The Morgan fingerprint density at radius 1 is 1.06 bits per heavy atom. The number of carbonyl (C=O) groups is 1. The first-order valence-corrected chi connectivity index (χ1v) is 12.4. The second kappa shape index (κ2) is 7.88. The number of rotatable bonds is 4. The van der Waals surface area contributed by atoms with Crippen molar-refractivity contribution in [3.63, 3.8) is 0 Å². The normalized spacial score (nSPS) is 18.4. The molecule has 0 radical (unpaired) electrons. The van der Waals surface area contributed by atoms with Crippen molar-refractivity contribution in [3.8, 4) is 11.1 Å². The van der Waals surface area contributed by atoms with E-state index in [-0.39, 0.29) is 11.3 Å². The molecule has 2 aromatic carbocycles. The van der Waals surface area contributed by atoms with Crippen molar-refractivity contribution in [3.05, 3.63) is 58.3 Å². The van der Waals surface area contributed by atoms with Gasteiger partial charge in [-0.3, -0.25) is 4.72 Å². The summed E-state index contributed by atoms with van der Waals surface area (Å²) in [5.74, 6) is -0.497. The second-order valence-electron chi connectivity index (χ2n) is 8.27. The summed E-state index contributed by atoms with van der Waals surface area (Å²) in [5.41, 5.74) is 2.64. The number of anilines is 1. The third kappa shape index (κ3) is 4.16. The average Bonchev–Trinajstić information content (AvgIpc) is 2.93. The number of esters is 1. The Hall–Kier alpha value is -2.51. The first-order valence-electron chi connectivity index (χ1n) is 10.2. The maximum absolute atomic E-state index is 12.7. The quantitative estimate of drug-likeness (QED) is 0.609. The Balaban J connectivity index is 1.70. The Bertz CT molecular complexity index is 1180. The highest BCUT2D eigenvalue weighted by Gasteiger charge is 2.49. The standard InChI is InChI=1S/C23H24ClNO5S/c1-14-12-18(15-6-8-16(9-7-15)25-31(2,28)29)19(24)13-17(14)20-21(26)23(30-22(20)27)10-4-3-5-11-23/h6-9,12-13,25-26H,3-5,10-11H2,1-2H3. The smallest absolute Gasteiger partial charge is 0.343 e. The van der Waals surface area contributed by atoms with Crippen molar-refractivity contribution in [1.82, 2.24) is 0 Å². The van der Waals surface area contributed by atoms with E-state index in [2.05, 4.69) is 4.72 Å². The van der Waals surface area contributed by atoms with Crippen LogP contribution in [0.5, 0.6) is 0 Å². The number of nitrogens with one attached hydrogen (secondary N) is 1. The van der Waals surface area contributed by atoms with E-state index in [1.54, 1.807) is 30.3 Å². The topological polar surface area (TPSA) is 92.7 Å². The van der Waals surface area contributed by atoms with E-state index in [0.29, 0.717) is 29.1 Å². The molecule has 0 unspecified atom stereocenters. The van der Waals surface area contributed by atoms with E-state index in [1.165, 1.54) is 0 Å². The van der Waals surface area contributed by atoms with Gasteiger partial charge in [0.05, 0.1) is 6.26 Å². The summed E-state index contributed by atoms with van der Waals surface area (Å²) in [7, 11) is -3.36. The van der Waals surface area contributed by atoms with Gasteiger partial charge in [0.1, 0.15) is 5.57 Å². The zero-order valence-electron chi connectivity index (χ0n) is 17.4. The summed E-state index contributed by atoms with van der Waals surface area (Å²) in [5, 5.41) is 11.4. The van der Waals surface area contributed by atoms with Gasteiger partial charge < -0.3 is 9.84 Å². The molecule has 1 heterocycles. The SMILES string of the molecule is Cc1cc(-c2ccc(NS(C)(=O)=O)cc2)c(Cl)cc1C1=C(O)C2(CCCCC2)OC1=O. The lowest BCUT2D eigenvalue weighted by Gasteiger charge is -2.31. The third-order valence-electron chi connectivity index (χ3n) is 5.90. The van der Waals surface area contributed by atoms with Gasteiger partial charge in [0.2, 0.25) is 10.0 Å². The van der Waals surface area contributed by atoms with Gasteiger partial charge in [0.25, 0.3) is 0 Å². The van der Waals surface area contributed by atoms with Crippen molar-refractivity contribution in [2.45, 2.75) is 44.6 Å². The van der Waals surface area contributed by atoms with Crippen LogP contribution in [0.15, 0.2) is 42.2 Å². The molecule has 2 aromatic rings. The molecule has 0 bridgehead atoms. The van der Waals surface area contributed by atoms with E-state index in [4.69, 9.17) is 16.3 Å². The van der Waals surface area contributed by atoms with E-state index < -0.39 is 21.6 Å². The van der Waals surface area contributed by atoms with Crippen molar-refractivity contribution in [2.24, 2.45) is 0 Å². The lowest BCUT2D eigenvalue weighted by molar-refractivity contribution is -0.149. The van der Waals surface area contributed by atoms with Crippen molar-refractivity contribution >= 4 is 38.9 Å². The van der Waals surface area contributed by atoms with Crippen LogP contribution in [-0.4, -0.2) is 31.4 Å². The zero-order valence-corrected chi connectivity index (χ0v) is 18.9. The number of ether oxygens (including phenoxy) is 1. The number of aliphatic hydroxyl groups excluding tert-OH is 1. The van der Waals surface area contributed by atoms with Crippen LogP contribution in [0.2, 0.25) is 5.02 Å². The summed E-state index contributed by atoms with van der Waals surface area (Å²) in [6.45, 7) is 1.86. The van der Waals surface area contributed by atoms with Crippen LogP contribution in [-0.2, 0) is 19.6 Å². The number of carbonyl (C=O) groups excluding carboxylic acids is 1. The molecule has 4 rings (SSSR count). The molecule has 2 N–H and O–H groups in total. The number of aryl methyl sites for hydroxylation is 1. The van der Waals surface area contributed by atoms with Crippen LogP contribution in [0.4, 0.5) is 5.69 Å². The van der Waals surface area contributed by atoms with Crippen molar-refractivity contribution < 1.29 is 23.1 Å². The minimum atomic E-state index is -3.36. The van der Waals surface area contributed by atoms with Gasteiger partial charge in [-0.1, -0.05) is 30.2 Å². The van der Waals surface area contributed by atoms with Crippen LogP contribution < -0.4 is 4.72 Å². The molecular formula is C23H24ClNO5S. The molecule has 164 valence electrons. The van der Waals surface area contributed by atoms with Crippen LogP contribution >= 0.6 is 11.6 Å². The Kier molecular flexibility index (Phi) is 5.52. The van der Waals surface area contributed by atoms with Crippen LogP contribution in [0.25, 0.3) is 16.7 Å². The molecule has 1 saturated carbocycles. The second-order valence-corrected chi connectivity index (χ2v) is 10.4. The summed E-state index contributed by atoms with van der Waals surface area (Å²) in [6, 6.07) is 10.4. The fourth-order valence-corrected chi connectivity index (χ4v) is 5.24. The molecule has 0 aromatic heterocycles. The molecule has 1 fully saturated rings. The maximum atomic E-state index is 12.7. The Morgan fingerprint density at radius 3 is 2.32 bits per heavy atom. The van der Waals surface area contributed by atoms with E-state index in [1.807, 2.05) is 13.0 Å². The van der Waals surface area contributed by atoms with Gasteiger partial charge in [-0.15, -0.1) is 0 Å². The largest absolute Gasteiger partial charge is 0.507 e. The fourth-order valence-electron chi connectivity index (χ4n) is 4.40. The number of aliphatic hydroxyl groups is 1. The summed E-state index contributed by atoms with van der Waals surface area (Å²) >= 11 is 6.57. The summed E-state index contributed by atoms with van der Waals surface area (Å²) in [6.07, 6.45) is 5.25. The predicted octanol–water partition coefficient (Wildman–Crippen LogP) is 5.22. The van der Waals surface area contributed by atoms with E-state index >= 15 is 0 Å². The molecule has 8 heteroatoms. The predicted molar refractivity (Wildman–Crippen MR) is 122 cm³/mol. The first-order chi connectivity index (χ1) is 14.6. The molecule has 2 aliphatic rings.